The van der Waals surface area contributed by atoms with E-state index in [-0.39, 0.29) is 5.56 Å². The van der Waals surface area contributed by atoms with Gasteiger partial charge < -0.3 is 4.42 Å². The Balaban J connectivity index is 1.87. The summed E-state index contributed by atoms with van der Waals surface area (Å²) in [6.07, 6.45) is 0. The van der Waals surface area contributed by atoms with Crippen LogP contribution in [-0.2, 0) is 0 Å². The molecule has 1 heterocycles. The fraction of sp³-hybridized carbons (Fsp3) is 0.0588. The summed E-state index contributed by atoms with van der Waals surface area (Å²) in [6, 6.07) is 16.1. The van der Waals surface area contributed by atoms with Crippen molar-refractivity contribution in [3.8, 4) is 0 Å². The highest BCUT2D eigenvalue weighted by molar-refractivity contribution is 5.97. The Morgan fingerprint density at radius 3 is 2.59 bits per heavy atom. The molecule has 0 saturated heterocycles. The Morgan fingerprint density at radius 2 is 1.82 bits per heavy atom. The fourth-order valence-corrected chi connectivity index (χ4v) is 2.12. The van der Waals surface area contributed by atoms with Gasteiger partial charge in [-0.25, -0.2) is 4.79 Å². The third kappa shape index (κ3) is 2.83. The van der Waals surface area contributed by atoms with Gasteiger partial charge in [0, 0.05) is 5.39 Å². The molecule has 2 N–H and O–H groups in total. The Bertz CT molecular complexity index is 885. The maximum absolute atomic E-state index is 12.1. The van der Waals surface area contributed by atoms with Crippen molar-refractivity contribution in [2.45, 2.75) is 6.92 Å². The summed E-state index contributed by atoms with van der Waals surface area (Å²) in [5, 5.41) is 0.712. The van der Waals surface area contributed by atoms with Crippen molar-refractivity contribution < 1.29 is 9.21 Å². The smallest absolute Gasteiger partial charge is 0.349 e. The average molecular weight is 294 g/mol. The first kappa shape index (κ1) is 13.9. The van der Waals surface area contributed by atoms with Gasteiger partial charge >= 0.3 is 5.63 Å². The molecule has 2 aromatic carbocycles. The first-order chi connectivity index (χ1) is 10.6. The minimum atomic E-state index is -0.663. The molecule has 5 nitrogen and oxygen atoms in total. The highest BCUT2D eigenvalue weighted by Crippen LogP contribution is 2.15. The number of amides is 1. The summed E-state index contributed by atoms with van der Waals surface area (Å²) < 4.78 is 5.18. The Labute approximate surface area is 126 Å². The van der Waals surface area contributed by atoms with Gasteiger partial charge in [0.25, 0.3) is 5.91 Å². The van der Waals surface area contributed by atoms with E-state index in [4.69, 9.17) is 4.42 Å². The molecule has 3 aromatic rings. The van der Waals surface area contributed by atoms with E-state index in [1.165, 1.54) is 6.07 Å². The van der Waals surface area contributed by atoms with Gasteiger partial charge in [0.1, 0.15) is 11.1 Å². The molecule has 0 saturated carbocycles. The quantitative estimate of drug-likeness (QED) is 0.575. The monoisotopic (exact) mass is 294 g/mol. The van der Waals surface area contributed by atoms with E-state index in [2.05, 4.69) is 10.9 Å². The van der Waals surface area contributed by atoms with Crippen LogP contribution in [0.1, 0.15) is 15.9 Å². The molecule has 0 aliphatic rings. The number of rotatable bonds is 3. The number of hydrazine groups is 1. The third-order valence-electron chi connectivity index (χ3n) is 3.23. The number of fused-ring (bicyclic) bond motifs is 1. The van der Waals surface area contributed by atoms with Crippen LogP contribution in [0, 0.1) is 6.92 Å². The molecule has 3 rings (SSSR count). The van der Waals surface area contributed by atoms with Crippen LogP contribution in [0.3, 0.4) is 0 Å². The van der Waals surface area contributed by atoms with Gasteiger partial charge in [-0.15, -0.1) is 0 Å². The summed E-state index contributed by atoms with van der Waals surface area (Å²) >= 11 is 0. The van der Waals surface area contributed by atoms with Crippen LogP contribution in [-0.4, -0.2) is 5.91 Å². The van der Waals surface area contributed by atoms with Crippen LogP contribution >= 0.6 is 0 Å². The number of anilines is 1. The molecule has 0 atom stereocenters. The molecule has 0 unspecified atom stereocenters. The Morgan fingerprint density at radius 1 is 1.05 bits per heavy atom. The summed E-state index contributed by atoms with van der Waals surface area (Å²) in [7, 11) is 0. The number of hydrogen-bond donors (Lipinski definition) is 2. The van der Waals surface area contributed by atoms with Crippen LogP contribution < -0.4 is 16.5 Å². The van der Waals surface area contributed by atoms with E-state index in [1.807, 2.05) is 37.3 Å². The lowest BCUT2D eigenvalue weighted by Crippen LogP contribution is -2.32. The molecule has 22 heavy (non-hydrogen) atoms. The molecule has 0 radical (unpaired) electrons. The second kappa shape index (κ2) is 5.73. The maximum atomic E-state index is 12.1. The predicted octanol–water partition coefficient (Wildman–Crippen LogP) is 2.86. The predicted molar refractivity (Wildman–Crippen MR) is 84.8 cm³/mol. The van der Waals surface area contributed by atoms with Crippen molar-refractivity contribution >= 4 is 22.6 Å². The third-order valence-corrected chi connectivity index (χ3v) is 3.23. The second-order valence-electron chi connectivity index (χ2n) is 4.93. The van der Waals surface area contributed by atoms with Gasteiger partial charge in [0.2, 0.25) is 0 Å². The number of carbonyl (C=O) groups is 1. The summed E-state index contributed by atoms with van der Waals surface area (Å²) in [6.45, 7) is 1.93. The van der Waals surface area contributed by atoms with Crippen LogP contribution in [0.15, 0.2) is 63.8 Å². The lowest BCUT2D eigenvalue weighted by atomic mass is 10.1. The molecule has 0 aliphatic carbocycles. The second-order valence-corrected chi connectivity index (χ2v) is 4.93. The van der Waals surface area contributed by atoms with Crippen molar-refractivity contribution in [1.82, 2.24) is 5.43 Å². The number of hydrogen-bond acceptors (Lipinski definition) is 4. The topological polar surface area (TPSA) is 71.3 Å². The normalized spacial score (nSPS) is 10.4. The molecule has 0 spiro atoms. The zero-order chi connectivity index (χ0) is 15.5. The number of nitrogens with one attached hydrogen (secondary N) is 2. The number of para-hydroxylation sites is 1. The molecule has 0 aliphatic heterocycles. The van der Waals surface area contributed by atoms with Crippen molar-refractivity contribution in [1.29, 1.82) is 0 Å². The summed E-state index contributed by atoms with van der Waals surface area (Å²) in [4.78, 5) is 24.0. The fourth-order valence-electron chi connectivity index (χ4n) is 2.12. The minimum absolute atomic E-state index is 0.0402. The summed E-state index contributed by atoms with van der Waals surface area (Å²) in [5.41, 5.74) is 6.74. The Kier molecular flexibility index (Phi) is 3.62. The van der Waals surface area contributed by atoms with Crippen molar-refractivity contribution in [3.05, 3.63) is 76.1 Å². The largest absolute Gasteiger partial charge is 0.422 e. The van der Waals surface area contributed by atoms with Gasteiger partial charge in [-0.1, -0.05) is 29.8 Å². The molecule has 0 bridgehead atoms. The van der Waals surface area contributed by atoms with Crippen molar-refractivity contribution in [2.75, 3.05) is 5.43 Å². The van der Waals surface area contributed by atoms with E-state index in [9.17, 15) is 9.59 Å². The molecule has 1 aromatic heterocycles. The number of benzene rings is 2. The zero-order valence-electron chi connectivity index (χ0n) is 11.9. The molecular formula is C17H14N2O3. The molecule has 110 valence electrons. The highest BCUT2D eigenvalue weighted by Gasteiger charge is 2.13. The van der Waals surface area contributed by atoms with Gasteiger partial charge in [-0.3, -0.25) is 15.6 Å². The van der Waals surface area contributed by atoms with Crippen molar-refractivity contribution in [2.24, 2.45) is 0 Å². The standard InChI is InChI=1S/C17H14N2O3/c1-11-7-8-15-12(9-11)10-14(17(21)22-15)16(20)19-18-13-5-3-2-4-6-13/h2-10,18H,1H3,(H,19,20). The maximum Gasteiger partial charge on any atom is 0.349 e. The van der Waals surface area contributed by atoms with Crippen LogP contribution in [0.5, 0.6) is 0 Å². The lowest BCUT2D eigenvalue weighted by Gasteiger charge is -2.08. The first-order valence-corrected chi connectivity index (χ1v) is 6.79. The Hall–Kier alpha value is -3.08. The lowest BCUT2D eigenvalue weighted by molar-refractivity contribution is 0.0959. The molecule has 1 amide bonds. The number of aryl methyl sites for hydroxylation is 1. The SMILES string of the molecule is Cc1ccc2oc(=O)c(C(=O)NNc3ccccc3)cc2c1. The van der Waals surface area contributed by atoms with Crippen LogP contribution in [0.25, 0.3) is 11.0 Å². The molecular weight excluding hydrogens is 280 g/mol. The van der Waals surface area contributed by atoms with E-state index in [0.29, 0.717) is 11.0 Å². The van der Waals surface area contributed by atoms with Crippen LogP contribution in [0.4, 0.5) is 5.69 Å². The molecule has 5 heteroatoms. The van der Waals surface area contributed by atoms with Gasteiger partial charge in [-0.05, 0) is 37.3 Å². The van der Waals surface area contributed by atoms with Crippen LogP contribution in [0.2, 0.25) is 0 Å². The van der Waals surface area contributed by atoms with Crippen molar-refractivity contribution in [3.63, 3.8) is 0 Å². The highest BCUT2D eigenvalue weighted by atomic mass is 16.4. The van der Waals surface area contributed by atoms with E-state index in [1.54, 1.807) is 18.2 Å². The average Bonchev–Trinajstić information content (AvgIpc) is 2.53. The number of carbonyl (C=O) groups excluding carboxylic acids is 1. The first-order valence-electron chi connectivity index (χ1n) is 6.79. The zero-order valence-corrected chi connectivity index (χ0v) is 11.9. The van der Waals surface area contributed by atoms with E-state index >= 15 is 0 Å². The molecule has 0 fully saturated rings. The van der Waals surface area contributed by atoms with Gasteiger partial charge in [0.15, 0.2) is 0 Å². The summed E-state index contributed by atoms with van der Waals surface area (Å²) in [5.74, 6) is -0.541. The van der Waals surface area contributed by atoms with E-state index in [0.717, 1.165) is 11.3 Å². The minimum Gasteiger partial charge on any atom is -0.422 e. The van der Waals surface area contributed by atoms with E-state index < -0.39 is 11.5 Å². The van der Waals surface area contributed by atoms with Gasteiger partial charge in [-0.2, -0.15) is 0 Å². The van der Waals surface area contributed by atoms with Gasteiger partial charge in [0.05, 0.1) is 5.69 Å².